The highest BCUT2D eigenvalue weighted by molar-refractivity contribution is 6.05. The SMILES string of the molecule is CCCNC(=O)C1=Cc2ccc(C)cc2N=C(N)C1. The summed E-state index contributed by atoms with van der Waals surface area (Å²) in [4.78, 5) is 16.4. The van der Waals surface area contributed by atoms with Gasteiger partial charge in [-0.05, 0) is 31.1 Å². The molecule has 0 fully saturated rings. The number of nitrogens with two attached hydrogens (primary N) is 1. The lowest BCUT2D eigenvalue weighted by Crippen LogP contribution is -2.27. The molecular formula is C15H19N3O. The smallest absolute Gasteiger partial charge is 0.247 e. The molecule has 0 spiro atoms. The molecule has 100 valence electrons. The first-order chi connectivity index (χ1) is 9.10. The Morgan fingerprint density at radius 2 is 2.26 bits per heavy atom. The second-order valence-electron chi connectivity index (χ2n) is 4.77. The van der Waals surface area contributed by atoms with Gasteiger partial charge in [0.25, 0.3) is 0 Å². The van der Waals surface area contributed by atoms with Crippen LogP contribution in [0.3, 0.4) is 0 Å². The second kappa shape index (κ2) is 5.69. The largest absolute Gasteiger partial charge is 0.387 e. The van der Waals surface area contributed by atoms with Crippen LogP contribution in [0.15, 0.2) is 28.8 Å². The molecule has 19 heavy (non-hydrogen) atoms. The maximum atomic E-state index is 12.0. The summed E-state index contributed by atoms with van der Waals surface area (Å²) in [5, 5.41) is 2.87. The number of carbonyl (C=O) groups excluding carboxylic acids is 1. The summed E-state index contributed by atoms with van der Waals surface area (Å²) in [5.41, 5.74) is 9.44. The predicted octanol–water partition coefficient (Wildman–Crippen LogP) is 2.30. The zero-order valence-electron chi connectivity index (χ0n) is 11.4. The molecule has 0 saturated heterocycles. The van der Waals surface area contributed by atoms with Gasteiger partial charge in [0.15, 0.2) is 0 Å². The molecule has 1 aliphatic rings. The number of carbonyl (C=O) groups is 1. The van der Waals surface area contributed by atoms with Crippen LogP contribution >= 0.6 is 0 Å². The van der Waals surface area contributed by atoms with Gasteiger partial charge in [0.05, 0.1) is 5.69 Å². The van der Waals surface area contributed by atoms with E-state index in [4.69, 9.17) is 5.73 Å². The Labute approximate surface area is 113 Å². The number of fused-ring (bicyclic) bond motifs is 1. The van der Waals surface area contributed by atoms with Crippen molar-refractivity contribution in [2.45, 2.75) is 26.7 Å². The van der Waals surface area contributed by atoms with Crippen LogP contribution in [0.4, 0.5) is 5.69 Å². The van der Waals surface area contributed by atoms with E-state index in [1.807, 2.05) is 38.1 Å². The van der Waals surface area contributed by atoms with Crippen LogP contribution < -0.4 is 11.1 Å². The number of aliphatic imine (C=N–C) groups is 1. The van der Waals surface area contributed by atoms with Crippen molar-refractivity contribution in [2.75, 3.05) is 6.54 Å². The molecule has 1 aromatic rings. The summed E-state index contributed by atoms with van der Waals surface area (Å²) < 4.78 is 0. The number of hydrogen-bond acceptors (Lipinski definition) is 3. The number of benzene rings is 1. The first kappa shape index (κ1) is 13.3. The first-order valence-electron chi connectivity index (χ1n) is 6.52. The van der Waals surface area contributed by atoms with Crippen LogP contribution in [-0.2, 0) is 4.79 Å². The summed E-state index contributed by atoms with van der Waals surface area (Å²) in [6.45, 7) is 4.71. The number of amides is 1. The van der Waals surface area contributed by atoms with E-state index in [1.165, 1.54) is 0 Å². The normalized spacial score (nSPS) is 14.0. The minimum atomic E-state index is -0.0616. The third-order valence-corrected chi connectivity index (χ3v) is 2.98. The molecule has 0 unspecified atom stereocenters. The molecular weight excluding hydrogens is 238 g/mol. The number of hydrogen-bond donors (Lipinski definition) is 2. The molecule has 4 nitrogen and oxygen atoms in total. The average molecular weight is 257 g/mol. The molecule has 1 aromatic carbocycles. The Morgan fingerprint density at radius 3 is 3.00 bits per heavy atom. The van der Waals surface area contributed by atoms with Crippen molar-refractivity contribution in [3.63, 3.8) is 0 Å². The highest BCUT2D eigenvalue weighted by Gasteiger charge is 2.15. The topological polar surface area (TPSA) is 67.5 Å². The molecule has 1 amide bonds. The van der Waals surface area contributed by atoms with E-state index in [1.54, 1.807) is 0 Å². The molecule has 1 aliphatic heterocycles. The number of amidine groups is 1. The summed E-state index contributed by atoms with van der Waals surface area (Å²) in [7, 11) is 0. The summed E-state index contributed by atoms with van der Waals surface area (Å²) in [5.74, 6) is 0.413. The van der Waals surface area contributed by atoms with E-state index in [9.17, 15) is 4.79 Å². The van der Waals surface area contributed by atoms with Gasteiger partial charge in [-0.3, -0.25) is 4.79 Å². The van der Waals surface area contributed by atoms with Crippen LogP contribution in [0.5, 0.6) is 0 Å². The van der Waals surface area contributed by atoms with Gasteiger partial charge >= 0.3 is 0 Å². The van der Waals surface area contributed by atoms with Gasteiger partial charge in [-0.1, -0.05) is 19.1 Å². The fraction of sp³-hybridized carbons (Fsp3) is 0.333. The maximum Gasteiger partial charge on any atom is 0.247 e. The van der Waals surface area contributed by atoms with Gasteiger partial charge in [-0.15, -0.1) is 0 Å². The summed E-state index contributed by atoms with van der Waals surface area (Å²) in [6.07, 6.45) is 3.19. The van der Waals surface area contributed by atoms with Crippen LogP contribution in [0.25, 0.3) is 6.08 Å². The van der Waals surface area contributed by atoms with Crippen molar-refractivity contribution in [1.82, 2.24) is 5.32 Å². The molecule has 1 heterocycles. The Hall–Kier alpha value is -2.10. The number of rotatable bonds is 3. The third-order valence-electron chi connectivity index (χ3n) is 2.98. The van der Waals surface area contributed by atoms with Gasteiger partial charge in [-0.2, -0.15) is 0 Å². The van der Waals surface area contributed by atoms with Crippen molar-refractivity contribution in [2.24, 2.45) is 10.7 Å². The molecule has 0 aliphatic carbocycles. The number of nitrogens with zero attached hydrogens (tertiary/aromatic N) is 1. The highest BCUT2D eigenvalue weighted by Crippen LogP contribution is 2.27. The Kier molecular flexibility index (Phi) is 4.00. The fourth-order valence-electron chi connectivity index (χ4n) is 2.00. The number of aryl methyl sites for hydroxylation is 1. The molecule has 3 N–H and O–H groups in total. The molecule has 0 aromatic heterocycles. The van der Waals surface area contributed by atoms with Crippen LogP contribution in [0.2, 0.25) is 0 Å². The van der Waals surface area contributed by atoms with E-state index < -0.39 is 0 Å². The average Bonchev–Trinajstić information content (AvgIpc) is 2.53. The predicted molar refractivity (Wildman–Crippen MR) is 78.4 cm³/mol. The molecule has 2 rings (SSSR count). The van der Waals surface area contributed by atoms with Crippen LogP contribution in [-0.4, -0.2) is 18.3 Å². The van der Waals surface area contributed by atoms with E-state index in [0.29, 0.717) is 24.4 Å². The van der Waals surface area contributed by atoms with Gasteiger partial charge in [-0.25, -0.2) is 4.99 Å². The van der Waals surface area contributed by atoms with E-state index >= 15 is 0 Å². The Balaban J connectivity index is 2.35. The van der Waals surface area contributed by atoms with E-state index in [0.717, 1.165) is 23.2 Å². The molecule has 4 heteroatoms. The van der Waals surface area contributed by atoms with Crippen LogP contribution in [0, 0.1) is 6.92 Å². The lowest BCUT2D eigenvalue weighted by atomic mass is 10.1. The standard InChI is InChI=1S/C15H19N3O/c1-3-6-17-15(19)12-8-11-5-4-10(2)7-13(11)18-14(16)9-12/h4-5,7-8H,3,6,9H2,1-2H3,(H2,16,18)(H,17,19). The lowest BCUT2D eigenvalue weighted by Gasteiger charge is -2.06. The minimum absolute atomic E-state index is 0.0616. The minimum Gasteiger partial charge on any atom is -0.387 e. The summed E-state index contributed by atoms with van der Waals surface area (Å²) in [6, 6.07) is 5.96. The lowest BCUT2D eigenvalue weighted by molar-refractivity contribution is -0.117. The van der Waals surface area contributed by atoms with Gasteiger partial charge in [0.1, 0.15) is 5.84 Å². The fourth-order valence-corrected chi connectivity index (χ4v) is 2.00. The molecule has 0 atom stereocenters. The van der Waals surface area contributed by atoms with E-state index in [2.05, 4.69) is 10.3 Å². The van der Waals surface area contributed by atoms with Crippen molar-refractivity contribution < 1.29 is 4.79 Å². The maximum absolute atomic E-state index is 12.0. The Bertz CT molecular complexity index is 559. The van der Waals surface area contributed by atoms with Gasteiger partial charge in [0.2, 0.25) is 5.91 Å². The van der Waals surface area contributed by atoms with E-state index in [-0.39, 0.29) is 5.91 Å². The van der Waals surface area contributed by atoms with Gasteiger partial charge in [0, 0.05) is 24.1 Å². The van der Waals surface area contributed by atoms with Crippen molar-refractivity contribution in [3.8, 4) is 0 Å². The molecule has 0 radical (unpaired) electrons. The van der Waals surface area contributed by atoms with Crippen molar-refractivity contribution >= 4 is 23.5 Å². The van der Waals surface area contributed by atoms with Crippen molar-refractivity contribution in [3.05, 3.63) is 34.9 Å². The zero-order chi connectivity index (χ0) is 13.8. The second-order valence-corrected chi connectivity index (χ2v) is 4.77. The molecule has 0 bridgehead atoms. The van der Waals surface area contributed by atoms with Gasteiger partial charge < -0.3 is 11.1 Å². The first-order valence-corrected chi connectivity index (χ1v) is 6.52. The monoisotopic (exact) mass is 257 g/mol. The summed E-state index contributed by atoms with van der Waals surface area (Å²) >= 11 is 0. The third kappa shape index (κ3) is 3.22. The van der Waals surface area contributed by atoms with Crippen molar-refractivity contribution in [1.29, 1.82) is 0 Å². The number of nitrogens with one attached hydrogen (secondary N) is 1. The highest BCUT2D eigenvalue weighted by atomic mass is 16.1. The Morgan fingerprint density at radius 1 is 1.47 bits per heavy atom. The zero-order valence-corrected chi connectivity index (χ0v) is 11.4. The quantitative estimate of drug-likeness (QED) is 0.872. The molecule has 0 saturated carbocycles. The van der Waals surface area contributed by atoms with Crippen LogP contribution in [0.1, 0.15) is 30.9 Å².